The van der Waals surface area contributed by atoms with E-state index in [-0.39, 0.29) is 0 Å². The zero-order valence-electron chi connectivity index (χ0n) is 8.50. The lowest BCUT2D eigenvalue weighted by Gasteiger charge is -2.32. The van der Waals surface area contributed by atoms with Gasteiger partial charge >= 0.3 is 0 Å². The van der Waals surface area contributed by atoms with Crippen LogP contribution < -0.4 is 5.32 Å². The molecule has 0 bridgehead atoms. The summed E-state index contributed by atoms with van der Waals surface area (Å²) in [6.45, 7) is 1.26. The molecular weight excluding hydrogens is 160 g/mol. The Morgan fingerprint density at radius 3 is 2.85 bits per heavy atom. The van der Waals surface area contributed by atoms with Gasteiger partial charge in [0.2, 0.25) is 0 Å². The van der Waals surface area contributed by atoms with E-state index in [9.17, 15) is 0 Å². The van der Waals surface area contributed by atoms with Crippen LogP contribution in [0, 0.1) is 5.92 Å². The summed E-state index contributed by atoms with van der Waals surface area (Å²) in [5.41, 5.74) is 0. The topological polar surface area (TPSA) is 15.3 Å². The van der Waals surface area contributed by atoms with Crippen LogP contribution in [-0.2, 0) is 0 Å². The van der Waals surface area contributed by atoms with Gasteiger partial charge in [-0.15, -0.1) is 0 Å². The molecule has 2 aliphatic heterocycles. The molecule has 0 aromatic heterocycles. The Labute approximate surface area is 80.7 Å². The summed E-state index contributed by atoms with van der Waals surface area (Å²) in [6.07, 6.45) is 7.20. The minimum Gasteiger partial charge on any atom is -0.312 e. The highest BCUT2D eigenvalue weighted by Crippen LogP contribution is 2.42. The summed E-state index contributed by atoms with van der Waals surface area (Å²) >= 11 is 0. The van der Waals surface area contributed by atoms with Crippen molar-refractivity contribution >= 4 is 0 Å². The number of hydrogen-bond donors (Lipinski definition) is 1. The van der Waals surface area contributed by atoms with Gasteiger partial charge in [-0.2, -0.15) is 0 Å². The minimum absolute atomic E-state index is 0.839. The Bertz CT molecular complexity index is 202. The molecule has 2 heterocycles. The quantitative estimate of drug-likeness (QED) is 0.603. The second-order valence-corrected chi connectivity index (χ2v) is 5.02. The average molecular weight is 180 g/mol. The highest BCUT2D eigenvalue weighted by atomic mass is 15.3. The number of likely N-dealkylation sites (N-methyl/N-ethyl adjacent to an activating group) is 1. The van der Waals surface area contributed by atoms with Crippen molar-refractivity contribution in [3.8, 4) is 0 Å². The highest BCUT2D eigenvalue weighted by Gasteiger charge is 2.49. The molecule has 2 nitrogen and oxygen atoms in total. The maximum Gasteiger partial charge on any atom is 0.0266 e. The van der Waals surface area contributed by atoms with Crippen molar-refractivity contribution in [1.29, 1.82) is 0 Å². The van der Waals surface area contributed by atoms with Crippen molar-refractivity contribution in [2.75, 3.05) is 13.6 Å². The van der Waals surface area contributed by atoms with Crippen molar-refractivity contribution in [3.63, 3.8) is 0 Å². The molecule has 13 heavy (non-hydrogen) atoms. The standard InChI is InChI=1S/C11H20N2/c1-13-9-5-2-4-8(9)11-10(13)6-3-7-12-11/h8-12H,2-7H2,1H3. The van der Waals surface area contributed by atoms with Crippen molar-refractivity contribution in [1.82, 2.24) is 10.2 Å². The van der Waals surface area contributed by atoms with E-state index in [1.165, 1.54) is 38.6 Å². The summed E-state index contributed by atoms with van der Waals surface area (Å²) < 4.78 is 0. The lowest BCUT2D eigenvalue weighted by molar-refractivity contribution is 0.197. The Kier molecular flexibility index (Phi) is 1.88. The largest absolute Gasteiger partial charge is 0.312 e. The van der Waals surface area contributed by atoms with Crippen LogP contribution in [-0.4, -0.2) is 36.6 Å². The molecule has 0 radical (unpaired) electrons. The third-order valence-electron chi connectivity index (χ3n) is 4.51. The first-order valence-corrected chi connectivity index (χ1v) is 5.83. The SMILES string of the molecule is CN1C2CCCC2C2NCCCC21. The molecule has 3 aliphatic rings. The zero-order valence-corrected chi connectivity index (χ0v) is 8.50. The minimum atomic E-state index is 0.839. The van der Waals surface area contributed by atoms with E-state index >= 15 is 0 Å². The molecule has 4 atom stereocenters. The molecule has 0 amide bonds. The van der Waals surface area contributed by atoms with Gasteiger partial charge in [0.15, 0.2) is 0 Å². The number of piperidine rings is 1. The number of hydrogen-bond acceptors (Lipinski definition) is 2. The molecule has 2 saturated heterocycles. The number of nitrogens with zero attached hydrogens (tertiary/aromatic N) is 1. The third-order valence-corrected chi connectivity index (χ3v) is 4.51. The van der Waals surface area contributed by atoms with E-state index in [0.717, 1.165) is 24.0 Å². The Morgan fingerprint density at radius 2 is 1.92 bits per heavy atom. The number of rotatable bonds is 0. The van der Waals surface area contributed by atoms with Crippen molar-refractivity contribution < 1.29 is 0 Å². The first-order chi connectivity index (χ1) is 6.38. The van der Waals surface area contributed by atoms with Crippen molar-refractivity contribution in [2.45, 2.75) is 50.2 Å². The third kappa shape index (κ3) is 1.08. The zero-order chi connectivity index (χ0) is 8.84. The molecule has 3 fully saturated rings. The maximum absolute atomic E-state index is 3.74. The molecule has 74 valence electrons. The summed E-state index contributed by atoms with van der Waals surface area (Å²) in [5, 5.41) is 3.74. The predicted octanol–water partition coefficient (Wildman–Crippen LogP) is 1.22. The van der Waals surface area contributed by atoms with Crippen molar-refractivity contribution in [3.05, 3.63) is 0 Å². The van der Waals surface area contributed by atoms with Crippen LogP contribution in [0.4, 0.5) is 0 Å². The monoisotopic (exact) mass is 180 g/mol. The molecule has 2 heteroatoms. The van der Waals surface area contributed by atoms with Crippen LogP contribution in [0.5, 0.6) is 0 Å². The van der Waals surface area contributed by atoms with Crippen LogP contribution in [0.3, 0.4) is 0 Å². The van der Waals surface area contributed by atoms with E-state index in [4.69, 9.17) is 0 Å². The molecule has 3 rings (SSSR count). The second kappa shape index (κ2) is 2.96. The fourth-order valence-electron chi connectivity index (χ4n) is 3.93. The molecule has 0 aromatic rings. The van der Waals surface area contributed by atoms with E-state index in [1.54, 1.807) is 0 Å². The van der Waals surface area contributed by atoms with Crippen LogP contribution in [0.25, 0.3) is 0 Å². The molecular formula is C11H20N2. The smallest absolute Gasteiger partial charge is 0.0266 e. The summed E-state index contributed by atoms with van der Waals surface area (Å²) in [6, 6.07) is 2.62. The van der Waals surface area contributed by atoms with Gasteiger partial charge in [-0.25, -0.2) is 0 Å². The van der Waals surface area contributed by atoms with Crippen molar-refractivity contribution in [2.24, 2.45) is 5.92 Å². The molecule has 0 spiro atoms. The molecule has 1 aliphatic carbocycles. The van der Waals surface area contributed by atoms with Crippen LogP contribution >= 0.6 is 0 Å². The first kappa shape index (κ1) is 8.25. The van der Waals surface area contributed by atoms with Gasteiger partial charge in [-0.05, 0) is 45.2 Å². The van der Waals surface area contributed by atoms with Crippen LogP contribution in [0.1, 0.15) is 32.1 Å². The lowest BCUT2D eigenvalue weighted by atomic mass is 9.91. The molecule has 0 aromatic carbocycles. The Balaban J connectivity index is 1.85. The number of likely N-dealkylation sites (tertiary alicyclic amines) is 1. The van der Waals surface area contributed by atoms with Crippen LogP contribution in [0.2, 0.25) is 0 Å². The van der Waals surface area contributed by atoms with E-state index in [0.29, 0.717) is 0 Å². The van der Waals surface area contributed by atoms with Gasteiger partial charge in [-0.1, -0.05) is 6.42 Å². The summed E-state index contributed by atoms with van der Waals surface area (Å²) in [4.78, 5) is 2.68. The highest BCUT2D eigenvalue weighted by molar-refractivity contribution is 5.06. The van der Waals surface area contributed by atoms with E-state index < -0.39 is 0 Å². The Hall–Kier alpha value is -0.0800. The summed E-state index contributed by atoms with van der Waals surface area (Å²) in [7, 11) is 2.35. The fourth-order valence-corrected chi connectivity index (χ4v) is 3.93. The maximum atomic E-state index is 3.74. The normalized spacial score (nSPS) is 50.5. The van der Waals surface area contributed by atoms with Gasteiger partial charge in [0.25, 0.3) is 0 Å². The molecule has 1 N–H and O–H groups in total. The molecule has 1 saturated carbocycles. The lowest BCUT2D eigenvalue weighted by Crippen LogP contribution is -2.48. The number of fused-ring (bicyclic) bond motifs is 3. The predicted molar refractivity (Wildman–Crippen MR) is 53.7 cm³/mol. The van der Waals surface area contributed by atoms with Gasteiger partial charge < -0.3 is 5.32 Å². The van der Waals surface area contributed by atoms with Gasteiger partial charge in [0.05, 0.1) is 0 Å². The van der Waals surface area contributed by atoms with Gasteiger partial charge in [0, 0.05) is 18.1 Å². The first-order valence-electron chi connectivity index (χ1n) is 5.83. The second-order valence-electron chi connectivity index (χ2n) is 5.02. The number of nitrogens with one attached hydrogen (secondary N) is 1. The molecule has 4 unspecified atom stereocenters. The average Bonchev–Trinajstić information content (AvgIpc) is 2.72. The fraction of sp³-hybridized carbons (Fsp3) is 1.00. The summed E-state index contributed by atoms with van der Waals surface area (Å²) in [5.74, 6) is 0.982. The van der Waals surface area contributed by atoms with Gasteiger partial charge in [-0.3, -0.25) is 4.90 Å². The van der Waals surface area contributed by atoms with Gasteiger partial charge in [0.1, 0.15) is 0 Å². The van der Waals surface area contributed by atoms with E-state index in [2.05, 4.69) is 17.3 Å². The Morgan fingerprint density at radius 1 is 1.08 bits per heavy atom. The van der Waals surface area contributed by atoms with E-state index in [1.807, 2.05) is 0 Å². The van der Waals surface area contributed by atoms with Crippen LogP contribution in [0.15, 0.2) is 0 Å².